The lowest BCUT2D eigenvalue weighted by molar-refractivity contribution is 0.117. The van der Waals surface area contributed by atoms with Crippen molar-refractivity contribution in [3.05, 3.63) is 0 Å². The van der Waals surface area contributed by atoms with Crippen LogP contribution in [0, 0.1) is 11.3 Å². The average molecular weight is 252 g/mol. The SMILES string of the molecule is CC1CCN(C(=O)N2CCCCC2C(=N)N)CC1. The van der Waals surface area contributed by atoms with E-state index in [1.165, 1.54) is 0 Å². The zero-order valence-corrected chi connectivity index (χ0v) is 11.2. The summed E-state index contributed by atoms with van der Waals surface area (Å²) in [5.41, 5.74) is 5.62. The molecule has 0 spiro atoms. The molecule has 0 radical (unpaired) electrons. The van der Waals surface area contributed by atoms with E-state index < -0.39 is 0 Å². The highest BCUT2D eigenvalue weighted by molar-refractivity contribution is 5.88. The van der Waals surface area contributed by atoms with E-state index in [9.17, 15) is 4.79 Å². The standard InChI is InChI=1S/C13H24N4O/c1-10-5-8-16(9-6-10)13(18)17-7-3-2-4-11(17)12(14)15/h10-11H,2-9H2,1H3,(H3,14,15). The molecule has 18 heavy (non-hydrogen) atoms. The van der Waals surface area contributed by atoms with E-state index in [4.69, 9.17) is 11.1 Å². The highest BCUT2D eigenvalue weighted by Gasteiger charge is 2.32. The largest absolute Gasteiger partial charge is 0.386 e. The van der Waals surface area contributed by atoms with Crippen LogP contribution < -0.4 is 5.73 Å². The van der Waals surface area contributed by atoms with Crippen molar-refractivity contribution in [2.24, 2.45) is 11.7 Å². The molecule has 2 amide bonds. The van der Waals surface area contributed by atoms with Crippen LogP contribution in [-0.2, 0) is 0 Å². The van der Waals surface area contributed by atoms with Gasteiger partial charge in [0.15, 0.2) is 0 Å². The van der Waals surface area contributed by atoms with Crippen molar-refractivity contribution in [2.75, 3.05) is 19.6 Å². The number of carbonyl (C=O) groups is 1. The lowest BCUT2D eigenvalue weighted by Gasteiger charge is -2.40. The summed E-state index contributed by atoms with van der Waals surface area (Å²) >= 11 is 0. The van der Waals surface area contributed by atoms with Crippen LogP contribution in [0.5, 0.6) is 0 Å². The molecule has 2 heterocycles. The number of nitrogens with zero attached hydrogens (tertiary/aromatic N) is 2. The highest BCUT2D eigenvalue weighted by atomic mass is 16.2. The normalized spacial score (nSPS) is 26.2. The molecule has 0 aliphatic carbocycles. The number of carbonyl (C=O) groups excluding carboxylic acids is 1. The molecule has 3 N–H and O–H groups in total. The second-order valence-corrected chi connectivity index (χ2v) is 5.61. The first-order chi connectivity index (χ1) is 8.59. The highest BCUT2D eigenvalue weighted by Crippen LogP contribution is 2.22. The summed E-state index contributed by atoms with van der Waals surface area (Å²) in [6.07, 6.45) is 5.10. The van der Waals surface area contributed by atoms with Crippen molar-refractivity contribution >= 4 is 11.9 Å². The summed E-state index contributed by atoms with van der Waals surface area (Å²) < 4.78 is 0. The van der Waals surface area contributed by atoms with Crippen molar-refractivity contribution in [1.82, 2.24) is 9.80 Å². The molecule has 5 nitrogen and oxygen atoms in total. The summed E-state index contributed by atoms with van der Waals surface area (Å²) in [4.78, 5) is 16.2. The Bertz CT molecular complexity index is 323. The zero-order chi connectivity index (χ0) is 13.1. The summed E-state index contributed by atoms with van der Waals surface area (Å²) in [5, 5.41) is 7.62. The van der Waals surface area contributed by atoms with Gasteiger partial charge in [-0.05, 0) is 38.0 Å². The molecule has 0 aromatic heterocycles. The van der Waals surface area contributed by atoms with Crippen molar-refractivity contribution in [3.63, 3.8) is 0 Å². The number of rotatable bonds is 1. The third-order valence-electron chi connectivity index (χ3n) is 4.16. The lowest BCUT2D eigenvalue weighted by Crippen LogP contribution is -2.55. The third kappa shape index (κ3) is 2.76. The van der Waals surface area contributed by atoms with E-state index in [2.05, 4.69) is 6.92 Å². The minimum atomic E-state index is -0.175. The van der Waals surface area contributed by atoms with E-state index in [-0.39, 0.29) is 17.9 Å². The summed E-state index contributed by atoms with van der Waals surface area (Å²) in [6, 6.07) is -0.0904. The second-order valence-electron chi connectivity index (χ2n) is 5.61. The first-order valence-electron chi connectivity index (χ1n) is 6.99. The van der Waals surface area contributed by atoms with Crippen LogP contribution in [0.3, 0.4) is 0 Å². The smallest absolute Gasteiger partial charge is 0.320 e. The second kappa shape index (κ2) is 5.59. The lowest BCUT2D eigenvalue weighted by atomic mass is 9.98. The Hall–Kier alpha value is -1.26. The molecule has 2 rings (SSSR count). The van der Waals surface area contributed by atoms with Gasteiger partial charge in [0.2, 0.25) is 0 Å². The van der Waals surface area contributed by atoms with Crippen LogP contribution in [0.4, 0.5) is 4.79 Å². The van der Waals surface area contributed by atoms with Crippen molar-refractivity contribution in [1.29, 1.82) is 5.41 Å². The van der Waals surface area contributed by atoms with Gasteiger partial charge in [-0.3, -0.25) is 5.41 Å². The number of piperidine rings is 2. The molecule has 0 aromatic rings. The molecule has 2 saturated heterocycles. The average Bonchev–Trinajstić information content (AvgIpc) is 2.39. The maximum Gasteiger partial charge on any atom is 0.320 e. The fourth-order valence-electron chi connectivity index (χ4n) is 2.87. The fourth-order valence-corrected chi connectivity index (χ4v) is 2.87. The van der Waals surface area contributed by atoms with Crippen LogP contribution in [-0.4, -0.2) is 47.3 Å². The molecule has 102 valence electrons. The Morgan fingerprint density at radius 3 is 2.44 bits per heavy atom. The van der Waals surface area contributed by atoms with Gasteiger partial charge < -0.3 is 15.5 Å². The Morgan fingerprint density at radius 1 is 1.17 bits per heavy atom. The zero-order valence-electron chi connectivity index (χ0n) is 11.2. The fraction of sp³-hybridized carbons (Fsp3) is 0.846. The summed E-state index contributed by atoms with van der Waals surface area (Å²) in [5.74, 6) is 0.854. The molecule has 5 heteroatoms. The number of nitrogens with two attached hydrogens (primary N) is 1. The van der Waals surface area contributed by atoms with Crippen molar-refractivity contribution in [2.45, 2.75) is 45.1 Å². The van der Waals surface area contributed by atoms with E-state index in [1.807, 2.05) is 9.80 Å². The first kappa shape index (κ1) is 13.2. The number of amidine groups is 1. The van der Waals surface area contributed by atoms with Crippen molar-refractivity contribution < 1.29 is 4.79 Å². The van der Waals surface area contributed by atoms with Gasteiger partial charge in [-0.2, -0.15) is 0 Å². The number of hydrogen-bond donors (Lipinski definition) is 2. The van der Waals surface area contributed by atoms with Gasteiger partial charge in [0, 0.05) is 19.6 Å². The van der Waals surface area contributed by atoms with E-state index >= 15 is 0 Å². The molecule has 1 atom stereocenters. The van der Waals surface area contributed by atoms with Gasteiger partial charge >= 0.3 is 6.03 Å². The predicted octanol–water partition coefficient (Wildman–Crippen LogP) is 1.63. The van der Waals surface area contributed by atoms with Gasteiger partial charge in [-0.25, -0.2) is 4.79 Å². The Morgan fingerprint density at radius 2 is 1.83 bits per heavy atom. The molecular weight excluding hydrogens is 228 g/mol. The minimum Gasteiger partial charge on any atom is -0.386 e. The van der Waals surface area contributed by atoms with Gasteiger partial charge in [0.05, 0.1) is 6.04 Å². The first-order valence-corrected chi connectivity index (χ1v) is 6.99. The van der Waals surface area contributed by atoms with Crippen LogP contribution in [0.2, 0.25) is 0 Å². The molecule has 2 aliphatic rings. The third-order valence-corrected chi connectivity index (χ3v) is 4.16. The summed E-state index contributed by atoms with van der Waals surface area (Å²) in [7, 11) is 0. The number of likely N-dealkylation sites (tertiary alicyclic amines) is 2. The predicted molar refractivity (Wildman–Crippen MR) is 71.6 cm³/mol. The van der Waals surface area contributed by atoms with Crippen LogP contribution in [0.15, 0.2) is 0 Å². The molecule has 2 aliphatic heterocycles. The monoisotopic (exact) mass is 252 g/mol. The number of urea groups is 1. The maximum absolute atomic E-state index is 12.5. The van der Waals surface area contributed by atoms with Gasteiger partial charge in [-0.1, -0.05) is 6.92 Å². The Labute approximate surface area is 109 Å². The quantitative estimate of drug-likeness (QED) is 0.550. The Balaban J connectivity index is 2.00. The Kier molecular flexibility index (Phi) is 4.09. The molecule has 0 saturated carbocycles. The van der Waals surface area contributed by atoms with Crippen LogP contribution in [0.25, 0.3) is 0 Å². The molecule has 0 aromatic carbocycles. The topological polar surface area (TPSA) is 73.4 Å². The van der Waals surface area contributed by atoms with Gasteiger partial charge in [0.1, 0.15) is 5.84 Å². The summed E-state index contributed by atoms with van der Waals surface area (Å²) in [6.45, 7) is 4.68. The molecular formula is C13H24N4O. The minimum absolute atomic E-state index is 0.0850. The molecule has 0 bridgehead atoms. The maximum atomic E-state index is 12.5. The van der Waals surface area contributed by atoms with E-state index in [0.29, 0.717) is 0 Å². The number of hydrogen-bond acceptors (Lipinski definition) is 2. The number of amides is 2. The van der Waals surface area contributed by atoms with Crippen LogP contribution >= 0.6 is 0 Å². The van der Waals surface area contributed by atoms with E-state index in [1.54, 1.807) is 0 Å². The molecule has 2 fully saturated rings. The van der Waals surface area contributed by atoms with Gasteiger partial charge in [-0.15, -0.1) is 0 Å². The van der Waals surface area contributed by atoms with Crippen LogP contribution in [0.1, 0.15) is 39.0 Å². The van der Waals surface area contributed by atoms with E-state index in [0.717, 1.165) is 57.7 Å². The van der Waals surface area contributed by atoms with Gasteiger partial charge in [0.25, 0.3) is 0 Å². The number of nitrogens with one attached hydrogen (secondary N) is 1. The van der Waals surface area contributed by atoms with Crippen molar-refractivity contribution in [3.8, 4) is 0 Å². The molecule has 1 unspecified atom stereocenters.